The van der Waals surface area contributed by atoms with Crippen LogP contribution in [0.2, 0.25) is 10.0 Å². The zero-order valence-corrected chi connectivity index (χ0v) is 13.8. The average molecular weight is 353 g/mol. The molecule has 0 spiro atoms. The molecule has 0 fully saturated rings. The van der Waals surface area contributed by atoms with Crippen LogP contribution in [0, 0.1) is 0 Å². The van der Waals surface area contributed by atoms with Gasteiger partial charge in [-0.2, -0.15) is 0 Å². The van der Waals surface area contributed by atoms with Crippen molar-refractivity contribution in [3.05, 3.63) is 63.6 Å². The minimum absolute atomic E-state index is 0.206. The number of hydrogen-bond acceptors (Lipinski definition) is 3. The van der Waals surface area contributed by atoms with Gasteiger partial charge in [-0.3, -0.25) is 0 Å². The normalized spacial score (nSPS) is 10.7. The maximum Gasteiger partial charge on any atom is 0.328 e. The van der Waals surface area contributed by atoms with Crippen LogP contribution in [0.5, 0.6) is 11.5 Å². The molecule has 23 heavy (non-hydrogen) atoms. The van der Waals surface area contributed by atoms with Crippen LogP contribution in [0.1, 0.15) is 11.1 Å². The van der Waals surface area contributed by atoms with Crippen LogP contribution in [0.25, 0.3) is 6.08 Å². The summed E-state index contributed by atoms with van der Waals surface area (Å²) in [6.45, 7) is 0.206. The summed E-state index contributed by atoms with van der Waals surface area (Å²) in [4.78, 5) is 10.6. The molecule has 0 bridgehead atoms. The molecule has 0 saturated carbocycles. The fourth-order valence-corrected chi connectivity index (χ4v) is 2.28. The van der Waals surface area contributed by atoms with E-state index in [2.05, 4.69) is 0 Å². The summed E-state index contributed by atoms with van der Waals surface area (Å²) in [7, 11) is 1.55. The van der Waals surface area contributed by atoms with Gasteiger partial charge in [-0.1, -0.05) is 35.3 Å². The second-order valence-electron chi connectivity index (χ2n) is 4.58. The van der Waals surface area contributed by atoms with Crippen molar-refractivity contribution in [3.63, 3.8) is 0 Å². The topological polar surface area (TPSA) is 55.8 Å². The average Bonchev–Trinajstić information content (AvgIpc) is 2.54. The number of carbonyl (C=O) groups is 1. The number of carboxylic acid groups (broad SMARTS) is 1. The number of benzene rings is 2. The molecule has 6 heteroatoms. The van der Waals surface area contributed by atoms with Crippen molar-refractivity contribution in [2.45, 2.75) is 6.61 Å². The number of ether oxygens (including phenoxy) is 2. The van der Waals surface area contributed by atoms with Crippen molar-refractivity contribution in [1.82, 2.24) is 0 Å². The highest BCUT2D eigenvalue weighted by molar-refractivity contribution is 6.42. The number of aliphatic carboxylic acids is 1. The Labute approximate surface area is 143 Å². The minimum atomic E-state index is -1.01. The molecule has 2 rings (SSSR count). The fraction of sp³-hybridized carbons (Fsp3) is 0.118. The highest BCUT2D eigenvalue weighted by Gasteiger charge is 2.09. The number of carboxylic acids is 1. The summed E-state index contributed by atoms with van der Waals surface area (Å²) in [5, 5.41) is 9.44. The predicted molar refractivity (Wildman–Crippen MR) is 90.5 cm³/mol. The molecule has 0 aromatic heterocycles. The van der Waals surface area contributed by atoms with Gasteiger partial charge in [0.05, 0.1) is 12.1 Å². The lowest BCUT2D eigenvalue weighted by Crippen LogP contribution is -2.00. The van der Waals surface area contributed by atoms with Crippen molar-refractivity contribution in [2.75, 3.05) is 7.11 Å². The molecule has 0 aliphatic rings. The Balaban J connectivity index is 2.22. The third kappa shape index (κ3) is 4.65. The van der Waals surface area contributed by atoms with Crippen molar-refractivity contribution in [2.24, 2.45) is 0 Å². The molecule has 0 atom stereocenters. The van der Waals surface area contributed by atoms with Crippen LogP contribution >= 0.6 is 23.2 Å². The second kappa shape index (κ2) is 7.90. The van der Waals surface area contributed by atoms with E-state index in [1.54, 1.807) is 43.5 Å². The summed E-state index contributed by atoms with van der Waals surface area (Å²) < 4.78 is 11.0. The first kappa shape index (κ1) is 17.2. The molecule has 0 unspecified atom stereocenters. The highest BCUT2D eigenvalue weighted by atomic mass is 35.5. The molecule has 2 aromatic rings. The maximum absolute atomic E-state index is 10.6. The van der Waals surface area contributed by atoms with E-state index in [-0.39, 0.29) is 6.61 Å². The van der Waals surface area contributed by atoms with Crippen LogP contribution in [0.4, 0.5) is 0 Å². The van der Waals surface area contributed by atoms with Gasteiger partial charge in [-0.05, 0) is 35.9 Å². The van der Waals surface area contributed by atoms with Crippen molar-refractivity contribution < 1.29 is 19.4 Å². The summed E-state index contributed by atoms with van der Waals surface area (Å²) >= 11 is 12.0. The van der Waals surface area contributed by atoms with E-state index in [1.165, 1.54) is 6.08 Å². The first-order valence-electron chi connectivity index (χ1n) is 6.66. The number of methoxy groups -OCH3 is 1. The van der Waals surface area contributed by atoms with Gasteiger partial charge in [0.25, 0.3) is 0 Å². The fourth-order valence-electron chi connectivity index (χ4n) is 1.93. The van der Waals surface area contributed by atoms with Crippen LogP contribution in [-0.4, -0.2) is 18.2 Å². The van der Waals surface area contributed by atoms with Gasteiger partial charge in [0.2, 0.25) is 0 Å². The summed E-state index contributed by atoms with van der Waals surface area (Å²) in [6.07, 6.45) is 2.57. The SMILES string of the molecule is COc1ccc(C=CC(=O)O)cc1COc1cccc(Cl)c1Cl. The smallest absolute Gasteiger partial charge is 0.328 e. The van der Waals surface area contributed by atoms with Gasteiger partial charge in [0.15, 0.2) is 0 Å². The number of rotatable bonds is 6. The second-order valence-corrected chi connectivity index (χ2v) is 5.37. The Morgan fingerprint density at radius 3 is 2.70 bits per heavy atom. The molecule has 0 radical (unpaired) electrons. The number of hydrogen-bond donors (Lipinski definition) is 1. The van der Waals surface area contributed by atoms with Gasteiger partial charge in [-0.15, -0.1) is 0 Å². The van der Waals surface area contributed by atoms with Gasteiger partial charge >= 0.3 is 5.97 Å². The van der Waals surface area contributed by atoms with Crippen molar-refractivity contribution >= 4 is 35.2 Å². The Kier molecular flexibility index (Phi) is 5.90. The lowest BCUT2D eigenvalue weighted by Gasteiger charge is -2.12. The molecule has 0 aliphatic heterocycles. The van der Waals surface area contributed by atoms with Gasteiger partial charge in [0, 0.05) is 11.6 Å². The summed E-state index contributed by atoms with van der Waals surface area (Å²) in [5.74, 6) is 0.0904. The van der Waals surface area contributed by atoms with Crippen molar-refractivity contribution in [1.29, 1.82) is 0 Å². The van der Waals surface area contributed by atoms with E-state index < -0.39 is 5.97 Å². The zero-order valence-electron chi connectivity index (χ0n) is 12.3. The largest absolute Gasteiger partial charge is 0.496 e. The van der Waals surface area contributed by atoms with Crippen LogP contribution < -0.4 is 9.47 Å². The van der Waals surface area contributed by atoms with Gasteiger partial charge in [-0.25, -0.2) is 4.79 Å². The molecular formula is C17H14Cl2O4. The van der Waals surface area contributed by atoms with E-state index in [9.17, 15) is 4.79 Å². The molecule has 0 aliphatic carbocycles. The first-order chi connectivity index (χ1) is 11.0. The Bertz CT molecular complexity index is 741. The van der Waals surface area contributed by atoms with Gasteiger partial charge in [0.1, 0.15) is 23.1 Å². The molecule has 4 nitrogen and oxygen atoms in total. The zero-order chi connectivity index (χ0) is 16.8. The van der Waals surface area contributed by atoms with Gasteiger partial charge < -0.3 is 14.6 Å². The van der Waals surface area contributed by atoms with Crippen LogP contribution in [0.3, 0.4) is 0 Å². The molecule has 0 saturated heterocycles. The Morgan fingerprint density at radius 1 is 1.22 bits per heavy atom. The summed E-state index contributed by atoms with van der Waals surface area (Å²) in [5.41, 5.74) is 1.49. The summed E-state index contributed by atoms with van der Waals surface area (Å²) in [6, 6.07) is 10.4. The van der Waals surface area contributed by atoms with Crippen LogP contribution in [0.15, 0.2) is 42.5 Å². The van der Waals surface area contributed by atoms with E-state index >= 15 is 0 Å². The predicted octanol–water partition coefficient (Wildman–Crippen LogP) is 4.68. The Morgan fingerprint density at radius 2 is 2.00 bits per heavy atom. The lowest BCUT2D eigenvalue weighted by atomic mass is 10.1. The maximum atomic E-state index is 10.6. The number of halogens is 2. The molecular weight excluding hydrogens is 339 g/mol. The highest BCUT2D eigenvalue weighted by Crippen LogP contribution is 2.32. The van der Waals surface area contributed by atoms with E-state index in [0.717, 1.165) is 17.2 Å². The minimum Gasteiger partial charge on any atom is -0.496 e. The van der Waals surface area contributed by atoms with Crippen molar-refractivity contribution in [3.8, 4) is 11.5 Å². The lowest BCUT2D eigenvalue weighted by molar-refractivity contribution is -0.131. The standard InChI is InChI=1S/C17H14Cl2O4/c1-22-14-7-5-11(6-8-16(20)21)9-12(14)10-23-15-4-2-3-13(18)17(15)19/h2-9H,10H2,1H3,(H,20,21). The molecule has 120 valence electrons. The third-order valence-electron chi connectivity index (χ3n) is 3.02. The molecule has 2 aromatic carbocycles. The quantitative estimate of drug-likeness (QED) is 0.767. The van der Waals surface area contributed by atoms with E-state index in [1.807, 2.05) is 0 Å². The van der Waals surface area contributed by atoms with Crippen LogP contribution in [-0.2, 0) is 11.4 Å². The first-order valence-corrected chi connectivity index (χ1v) is 7.41. The molecule has 0 amide bonds. The monoisotopic (exact) mass is 352 g/mol. The third-order valence-corrected chi connectivity index (χ3v) is 3.82. The molecule has 0 heterocycles. The Hall–Kier alpha value is -2.17. The molecule has 1 N–H and O–H groups in total. The van der Waals surface area contributed by atoms with E-state index in [4.69, 9.17) is 37.8 Å². The van der Waals surface area contributed by atoms with E-state index in [0.29, 0.717) is 21.5 Å².